The fraction of sp³-hybridized carbons (Fsp3) is 0.609. The smallest absolute Gasteiger partial charge is 0.255 e. The molecule has 7 heteroatoms. The number of hydrogen-bond donors (Lipinski definition) is 2. The third-order valence-corrected chi connectivity index (χ3v) is 6.96. The van der Waals surface area contributed by atoms with Crippen LogP contribution in [0.25, 0.3) is 0 Å². The molecule has 0 aromatic heterocycles. The summed E-state index contributed by atoms with van der Waals surface area (Å²) in [5.74, 6) is 0.129. The Morgan fingerprint density at radius 2 is 1.97 bits per heavy atom. The van der Waals surface area contributed by atoms with Gasteiger partial charge in [-0.2, -0.15) is 0 Å². The lowest BCUT2D eigenvalue weighted by Crippen LogP contribution is -2.52. The number of nitrogens with one attached hydrogen (secondary N) is 2. The molecule has 2 atom stereocenters. The molecule has 0 radical (unpaired) electrons. The van der Waals surface area contributed by atoms with Gasteiger partial charge in [0.05, 0.1) is 0 Å². The molecule has 4 aliphatic rings. The van der Waals surface area contributed by atoms with E-state index in [2.05, 4.69) is 21.6 Å². The van der Waals surface area contributed by atoms with Gasteiger partial charge < -0.3 is 10.2 Å². The van der Waals surface area contributed by atoms with Gasteiger partial charge in [0.15, 0.2) is 0 Å². The van der Waals surface area contributed by atoms with Crippen LogP contribution >= 0.6 is 0 Å². The lowest BCUT2D eigenvalue weighted by Gasteiger charge is -2.35. The van der Waals surface area contributed by atoms with Crippen LogP contribution in [0.5, 0.6) is 0 Å². The largest absolute Gasteiger partial charge is 0.322 e. The van der Waals surface area contributed by atoms with Crippen molar-refractivity contribution in [2.45, 2.75) is 63.7 Å². The van der Waals surface area contributed by atoms with Crippen molar-refractivity contribution in [3.05, 3.63) is 34.9 Å². The Kier molecular flexibility index (Phi) is 5.33. The summed E-state index contributed by atoms with van der Waals surface area (Å²) in [4.78, 5) is 41.0. The lowest BCUT2D eigenvalue weighted by atomic mass is 10.0. The van der Waals surface area contributed by atoms with Crippen molar-refractivity contribution >= 4 is 17.7 Å². The number of piperidine rings is 2. The molecule has 3 fully saturated rings. The van der Waals surface area contributed by atoms with E-state index in [1.165, 1.54) is 31.2 Å². The molecule has 5 rings (SSSR count). The molecule has 1 aliphatic carbocycles. The summed E-state index contributed by atoms with van der Waals surface area (Å²) >= 11 is 0. The molecule has 3 amide bonds. The van der Waals surface area contributed by atoms with Crippen LogP contribution in [0.2, 0.25) is 0 Å². The van der Waals surface area contributed by atoms with Crippen molar-refractivity contribution in [1.82, 2.24) is 20.4 Å². The highest BCUT2D eigenvalue weighted by Gasteiger charge is 2.39. The number of fused-ring (bicyclic) bond motifs is 1. The first-order valence-corrected chi connectivity index (χ1v) is 11.3. The summed E-state index contributed by atoms with van der Waals surface area (Å²) < 4.78 is 0. The molecule has 3 aliphatic heterocycles. The second kappa shape index (κ2) is 8.12. The number of amides is 3. The fourth-order valence-corrected chi connectivity index (χ4v) is 5.05. The summed E-state index contributed by atoms with van der Waals surface area (Å²) in [6, 6.07) is 6.22. The molecule has 1 aromatic rings. The van der Waals surface area contributed by atoms with Crippen LogP contribution in [0.15, 0.2) is 18.2 Å². The molecule has 160 valence electrons. The summed E-state index contributed by atoms with van der Waals surface area (Å²) in [7, 11) is 0. The number of carbonyl (C=O) groups excluding carboxylic acids is 3. The number of imide groups is 1. The predicted molar refractivity (Wildman–Crippen MR) is 112 cm³/mol. The van der Waals surface area contributed by atoms with Gasteiger partial charge in [0.2, 0.25) is 11.8 Å². The van der Waals surface area contributed by atoms with Crippen molar-refractivity contribution in [1.29, 1.82) is 0 Å². The zero-order valence-electron chi connectivity index (χ0n) is 17.4. The van der Waals surface area contributed by atoms with Gasteiger partial charge >= 0.3 is 0 Å². The molecule has 0 spiro atoms. The quantitative estimate of drug-likeness (QED) is 0.693. The minimum atomic E-state index is -0.550. The number of rotatable bonds is 6. The molecule has 0 bridgehead atoms. The van der Waals surface area contributed by atoms with E-state index in [0.29, 0.717) is 24.6 Å². The Labute approximate surface area is 177 Å². The normalized spacial score (nSPS) is 26.8. The standard InChI is InChI=1S/C23H30N4O3/c28-21-8-7-20(22(29)25-21)27-14-17-6-5-16(10-19(17)23(27)30)13-26(12-15-3-4-15)18-2-1-9-24-11-18/h5-6,10,15,18,20,24H,1-4,7-9,11-14H2,(H,25,28,29). The summed E-state index contributed by atoms with van der Waals surface area (Å²) in [6.45, 7) is 4.60. The molecular formula is C23H30N4O3. The van der Waals surface area contributed by atoms with Crippen molar-refractivity contribution in [3.63, 3.8) is 0 Å². The van der Waals surface area contributed by atoms with E-state index in [4.69, 9.17) is 0 Å². The van der Waals surface area contributed by atoms with E-state index in [1.807, 2.05) is 12.1 Å². The highest BCUT2D eigenvalue weighted by atomic mass is 16.2. The maximum Gasteiger partial charge on any atom is 0.255 e. The van der Waals surface area contributed by atoms with E-state index < -0.39 is 6.04 Å². The van der Waals surface area contributed by atoms with Crippen molar-refractivity contribution < 1.29 is 14.4 Å². The third kappa shape index (κ3) is 4.01. The van der Waals surface area contributed by atoms with Crippen LogP contribution in [0.1, 0.15) is 60.0 Å². The summed E-state index contributed by atoms with van der Waals surface area (Å²) in [5.41, 5.74) is 2.85. The lowest BCUT2D eigenvalue weighted by molar-refractivity contribution is -0.136. The molecule has 2 unspecified atom stereocenters. The topological polar surface area (TPSA) is 81.8 Å². The van der Waals surface area contributed by atoms with Crippen molar-refractivity contribution in [2.75, 3.05) is 19.6 Å². The van der Waals surface area contributed by atoms with Gasteiger partial charge in [-0.1, -0.05) is 12.1 Å². The summed E-state index contributed by atoms with van der Waals surface area (Å²) in [5, 5.41) is 5.90. The molecule has 2 saturated heterocycles. The average molecular weight is 411 g/mol. The van der Waals surface area contributed by atoms with Crippen LogP contribution in [-0.4, -0.2) is 59.2 Å². The zero-order valence-corrected chi connectivity index (χ0v) is 17.4. The maximum absolute atomic E-state index is 13.1. The first kappa shape index (κ1) is 19.7. The van der Waals surface area contributed by atoms with Crippen LogP contribution in [-0.2, 0) is 22.7 Å². The van der Waals surface area contributed by atoms with E-state index >= 15 is 0 Å². The van der Waals surface area contributed by atoms with E-state index in [0.717, 1.165) is 37.7 Å². The first-order chi connectivity index (χ1) is 14.6. The molecular weight excluding hydrogens is 380 g/mol. The molecule has 1 aromatic carbocycles. The summed E-state index contributed by atoms with van der Waals surface area (Å²) in [6.07, 6.45) is 5.80. The van der Waals surface area contributed by atoms with Crippen molar-refractivity contribution in [2.24, 2.45) is 5.92 Å². The molecule has 1 saturated carbocycles. The van der Waals surface area contributed by atoms with Crippen LogP contribution in [0.3, 0.4) is 0 Å². The van der Waals surface area contributed by atoms with Gasteiger partial charge in [-0.25, -0.2) is 0 Å². The Morgan fingerprint density at radius 1 is 1.10 bits per heavy atom. The minimum absolute atomic E-state index is 0.0885. The Balaban J connectivity index is 1.31. The van der Waals surface area contributed by atoms with Gasteiger partial charge in [0.1, 0.15) is 6.04 Å². The molecule has 7 nitrogen and oxygen atoms in total. The average Bonchev–Trinajstić information content (AvgIpc) is 3.51. The predicted octanol–water partition coefficient (Wildman–Crippen LogP) is 1.41. The van der Waals surface area contributed by atoms with Gasteiger partial charge in [-0.05, 0) is 61.8 Å². The Bertz CT molecular complexity index is 860. The van der Waals surface area contributed by atoms with Gasteiger partial charge in [0.25, 0.3) is 5.91 Å². The Hall–Kier alpha value is -2.25. The van der Waals surface area contributed by atoms with Crippen molar-refractivity contribution in [3.8, 4) is 0 Å². The van der Waals surface area contributed by atoms with Gasteiger partial charge in [-0.15, -0.1) is 0 Å². The van der Waals surface area contributed by atoms with Gasteiger partial charge in [0, 0.05) is 44.2 Å². The number of benzene rings is 1. The van der Waals surface area contributed by atoms with Gasteiger partial charge in [-0.3, -0.25) is 24.6 Å². The molecule has 30 heavy (non-hydrogen) atoms. The molecule has 3 heterocycles. The third-order valence-electron chi connectivity index (χ3n) is 6.96. The Morgan fingerprint density at radius 3 is 2.70 bits per heavy atom. The highest BCUT2D eigenvalue weighted by molar-refractivity contribution is 6.05. The minimum Gasteiger partial charge on any atom is -0.322 e. The monoisotopic (exact) mass is 410 g/mol. The maximum atomic E-state index is 13.1. The highest BCUT2D eigenvalue weighted by Crippen LogP contribution is 2.33. The second-order valence-corrected chi connectivity index (χ2v) is 9.26. The number of carbonyl (C=O) groups is 3. The zero-order chi connectivity index (χ0) is 20.7. The second-order valence-electron chi connectivity index (χ2n) is 9.26. The van der Waals surface area contributed by atoms with E-state index in [1.54, 1.807) is 4.90 Å². The molecule has 2 N–H and O–H groups in total. The van der Waals surface area contributed by atoms with Crippen LogP contribution in [0.4, 0.5) is 0 Å². The van der Waals surface area contributed by atoms with Crippen LogP contribution in [0, 0.1) is 5.92 Å². The van der Waals surface area contributed by atoms with Crippen LogP contribution < -0.4 is 10.6 Å². The fourth-order valence-electron chi connectivity index (χ4n) is 5.05. The van der Waals surface area contributed by atoms with E-state index in [-0.39, 0.29) is 24.1 Å². The van der Waals surface area contributed by atoms with E-state index in [9.17, 15) is 14.4 Å². The number of hydrogen-bond acceptors (Lipinski definition) is 5. The number of nitrogens with zero attached hydrogens (tertiary/aromatic N) is 2. The first-order valence-electron chi connectivity index (χ1n) is 11.3. The SMILES string of the molecule is O=C1CCC(N2Cc3ccc(CN(CC4CC4)C4CCCNC4)cc3C2=O)C(=O)N1.